The second-order valence-corrected chi connectivity index (χ2v) is 10.1. The molecule has 2 rings (SSSR count). The van der Waals surface area contributed by atoms with Gasteiger partial charge in [-0.3, -0.25) is 14.4 Å². The Morgan fingerprint density at radius 3 is 1.48 bits per heavy atom. The molecule has 2 atom stereocenters. The van der Waals surface area contributed by atoms with Gasteiger partial charge in [-0.25, -0.2) is 0 Å². The van der Waals surface area contributed by atoms with E-state index >= 15 is 0 Å². The Morgan fingerprint density at radius 1 is 0.793 bits per heavy atom. The molecule has 0 aromatic rings. The standard InChI is InChI=1S/C23H38O5.CH4/c1-22(2,17-13-20(25)27-15-17)11-7-5-9-19(24)10-6-8-12-23(3,4)18-14-21(26)28-16-18;/h17-18H,5-16H2,1-4H3;1H4. The second-order valence-electron chi connectivity index (χ2n) is 10.1. The molecule has 168 valence electrons. The van der Waals surface area contributed by atoms with Gasteiger partial charge in [0.1, 0.15) is 5.78 Å². The molecule has 0 spiro atoms. The first-order valence-corrected chi connectivity index (χ1v) is 10.9. The van der Waals surface area contributed by atoms with E-state index < -0.39 is 0 Å². The Labute approximate surface area is 177 Å². The third-order valence-corrected chi connectivity index (χ3v) is 6.98. The first-order valence-electron chi connectivity index (χ1n) is 10.9. The van der Waals surface area contributed by atoms with E-state index in [2.05, 4.69) is 27.7 Å². The summed E-state index contributed by atoms with van der Waals surface area (Å²) in [6.07, 6.45) is 8.32. The van der Waals surface area contributed by atoms with Crippen LogP contribution in [0.2, 0.25) is 0 Å². The van der Waals surface area contributed by atoms with Crippen LogP contribution in [0.4, 0.5) is 0 Å². The fourth-order valence-electron chi connectivity index (χ4n) is 4.37. The lowest BCUT2D eigenvalue weighted by atomic mass is 9.74. The summed E-state index contributed by atoms with van der Waals surface area (Å²) in [5, 5.41) is 0. The monoisotopic (exact) mass is 410 g/mol. The highest BCUT2D eigenvalue weighted by Gasteiger charge is 2.37. The van der Waals surface area contributed by atoms with E-state index in [0.717, 1.165) is 38.5 Å². The molecule has 0 aliphatic carbocycles. The van der Waals surface area contributed by atoms with Gasteiger partial charge < -0.3 is 9.47 Å². The van der Waals surface area contributed by atoms with E-state index in [1.54, 1.807) is 0 Å². The van der Waals surface area contributed by atoms with Crippen molar-refractivity contribution < 1.29 is 23.9 Å². The van der Waals surface area contributed by atoms with Crippen LogP contribution in [0.25, 0.3) is 0 Å². The lowest BCUT2D eigenvalue weighted by Gasteiger charge is -2.29. The van der Waals surface area contributed by atoms with E-state index in [1.165, 1.54) is 0 Å². The zero-order valence-electron chi connectivity index (χ0n) is 18.2. The van der Waals surface area contributed by atoms with E-state index in [0.29, 0.717) is 56.5 Å². The maximum absolute atomic E-state index is 12.2. The third kappa shape index (κ3) is 8.10. The van der Waals surface area contributed by atoms with E-state index in [1.807, 2.05) is 0 Å². The highest BCUT2D eigenvalue weighted by molar-refractivity contribution is 5.78. The number of rotatable bonds is 12. The fraction of sp³-hybridized carbons (Fsp3) is 0.875. The Bertz CT molecular complexity index is 516. The summed E-state index contributed by atoms with van der Waals surface area (Å²) < 4.78 is 10.2. The van der Waals surface area contributed by atoms with Crippen molar-refractivity contribution in [3.05, 3.63) is 0 Å². The van der Waals surface area contributed by atoms with Gasteiger partial charge >= 0.3 is 11.9 Å². The maximum Gasteiger partial charge on any atom is 0.306 e. The Kier molecular flexibility index (Phi) is 9.84. The van der Waals surface area contributed by atoms with Crippen molar-refractivity contribution in [1.82, 2.24) is 0 Å². The number of esters is 2. The summed E-state index contributed by atoms with van der Waals surface area (Å²) >= 11 is 0. The molecule has 29 heavy (non-hydrogen) atoms. The predicted octanol–water partition coefficient (Wildman–Crippen LogP) is 5.49. The van der Waals surface area contributed by atoms with Crippen molar-refractivity contribution >= 4 is 17.7 Å². The number of unbranched alkanes of at least 4 members (excludes halogenated alkanes) is 2. The summed E-state index contributed by atoms with van der Waals surface area (Å²) in [6, 6.07) is 0. The molecule has 2 fully saturated rings. The molecule has 0 aromatic heterocycles. The SMILES string of the molecule is C.CC(C)(CCCCC(=O)CCCCC(C)(C)C1COC(=O)C1)C1COC(=O)C1. The highest BCUT2D eigenvalue weighted by Crippen LogP contribution is 2.39. The van der Waals surface area contributed by atoms with Gasteiger partial charge in [0.05, 0.1) is 26.1 Å². The molecule has 0 amide bonds. The molecule has 2 aliphatic heterocycles. The van der Waals surface area contributed by atoms with Crippen molar-refractivity contribution in [2.45, 2.75) is 99.3 Å². The minimum absolute atomic E-state index is 0. The van der Waals surface area contributed by atoms with Crippen LogP contribution in [-0.2, 0) is 23.9 Å². The molecule has 0 radical (unpaired) electrons. The minimum Gasteiger partial charge on any atom is -0.465 e. The van der Waals surface area contributed by atoms with Gasteiger partial charge in [-0.05, 0) is 36.5 Å². The molecule has 2 unspecified atom stereocenters. The van der Waals surface area contributed by atoms with Crippen LogP contribution in [0.15, 0.2) is 0 Å². The molecule has 0 bridgehead atoms. The van der Waals surface area contributed by atoms with Crippen molar-refractivity contribution in [3.63, 3.8) is 0 Å². The lowest BCUT2D eigenvalue weighted by molar-refractivity contribution is -0.138. The Balaban J connectivity index is 0.00000420. The average Bonchev–Trinajstić information content (AvgIpc) is 3.25. The summed E-state index contributed by atoms with van der Waals surface area (Å²) in [7, 11) is 0. The van der Waals surface area contributed by atoms with Crippen LogP contribution in [0.1, 0.15) is 99.3 Å². The molecule has 0 aromatic carbocycles. The largest absolute Gasteiger partial charge is 0.465 e. The number of hydrogen-bond acceptors (Lipinski definition) is 5. The summed E-state index contributed by atoms with van der Waals surface area (Å²) in [5.41, 5.74) is 0.179. The number of hydrogen-bond donors (Lipinski definition) is 0. The molecule has 0 saturated carbocycles. The first-order chi connectivity index (χ1) is 13.1. The molecule has 2 saturated heterocycles. The number of ether oxygens (including phenoxy) is 2. The molecule has 2 heterocycles. The van der Waals surface area contributed by atoms with Crippen LogP contribution >= 0.6 is 0 Å². The van der Waals surface area contributed by atoms with Gasteiger partial charge in [0, 0.05) is 24.7 Å². The van der Waals surface area contributed by atoms with Crippen LogP contribution in [-0.4, -0.2) is 30.9 Å². The molecular weight excluding hydrogens is 368 g/mol. The second kappa shape index (κ2) is 11.1. The normalized spacial score (nSPS) is 22.2. The van der Waals surface area contributed by atoms with E-state index in [4.69, 9.17) is 9.47 Å². The number of carbonyl (C=O) groups is 3. The molecule has 5 heteroatoms. The third-order valence-electron chi connectivity index (χ3n) is 6.98. The highest BCUT2D eigenvalue weighted by atomic mass is 16.5. The van der Waals surface area contributed by atoms with Gasteiger partial charge in [-0.2, -0.15) is 0 Å². The molecule has 2 aliphatic rings. The lowest BCUT2D eigenvalue weighted by Crippen LogP contribution is -2.24. The van der Waals surface area contributed by atoms with Crippen LogP contribution in [0.5, 0.6) is 0 Å². The van der Waals surface area contributed by atoms with Crippen LogP contribution in [0, 0.1) is 22.7 Å². The topological polar surface area (TPSA) is 69.7 Å². The van der Waals surface area contributed by atoms with Gasteiger partial charge in [0.25, 0.3) is 0 Å². The molecule has 5 nitrogen and oxygen atoms in total. The number of carbonyl (C=O) groups excluding carboxylic acids is 3. The number of cyclic esters (lactones) is 2. The molecular formula is C24H42O5. The van der Waals surface area contributed by atoms with Crippen molar-refractivity contribution in [2.24, 2.45) is 22.7 Å². The Hall–Kier alpha value is -1.39. The van der Waals surface area contributed by atoms with Crippen LogP contribution in [0.3, 0.4) is 0 Å². The quantitative estimate of drug-likeness (QED) is 0.314. The predicted molar refractivity (Wildman–Crippen MR) is 114 cm³/mol. The van der Waals surface area contributed by atoms with E-state index in [-0.39, 0.29) is 30.2 Å². The van der Waals surface area contributed by atoms with Crippen molar-refractivity contribution in [3.8, 4) is 0 Å². The summed E-state index contributed by atoms with van der Waals surface area (Å²) in [5.74, 6) is 0.806. The molecule has 0 N–H and O–H groups in total. The summed E-state index contributed by atoms with van der Waals surface area (Å²) in [4.78, 5) is 34.8. The average molecular weight is 411 g/mol. The Morgan fingerprint density at radius 2 is 1.17 bits per heavy atom. The smallest absolute Gasteiger partial charge is 0.306 e. The van der Waals surface area contributed by atoms with Crippen molar-refractivity contribution in [1.29, 1.82) is 0 Å². The van der Waals surface area contributed by atoms with Gasteiger partial charge in [-0.1, -0.05) is 48.0 Å². The van der Waals surface area contributed by atoms with Gasteiger partial charge in [0.2, 0.25) is 0 Å². The zero-order valence-corrected chi connectivity index (χ0v) is 18.2. The van der Waals surface area contributed by atoms with Gasteiger partial charge in [-0.15, -0.1) is 0 Å². The summed E-state index contributed by atoms with van der Waals surface area (Å²) in [6.45, 7) is 9.89. The van der Waals surface area contributed by atoms with Crippen molar-refractivity contribution in [2.75, 3.05) is 13.2 Å². The minimum atomic E-state index is -0.0801. The van der Waals surface area contributed by atoms with E-state index in [9.17, 15) is 14.4 Å². The van der Waals surface area contributed by atoms with Gasteiger partial charge in [0.15, 0.2) is 0 Å². The first kappa shape index (κ1) is 25.6. The van der Waals surface area contributed by atoms with Crippen LogP contribution < -0.4 is 0 Å². The number of Topliss-reactive ketones (excluding diaryl/α,β-unsaturated/α-hetero) is 1. The maximum atomic E-state index is 12.2. The fourth-order valence-corrected chi connectivity index (χ4v) is 4.37. The zero-order chi connectivity index (χ0) is 20.8. The number of ketones is 1.